The van der Waals surface area contributed by atoms with Gasteiger partial charge in [0, 0.05) is 30.4 Å². The maximum atomic E-state index is 13.4. The summed E-state index contributed by atoms with van der Waals surface area (Å²) < 4.78 is 15.4. The lowest BCUT2D eigenvalue weighted by Gasteiger charge is -2.29. The molecule has 5 nitrogen and oxygen atoms in total. The number of aromatic hydroxyl groups is 1. The van der Waals surface area contributed by atoms with Crippen molar-refractivity contribution in [3.63, 3.8) is 0 Å². The van der Waals surface area contributed by atoms with Gasteiger partial charge in [0.05, 0.1) is 17.6 Å². The van der Waals surface area contributed by atoms with E-state index < -0.39 is 0 Å². The Balaban J connectivity index is 1.25. The van der Waals surface area contributed by atoms with E-state index in [1.165, 1.54) is 29.0 Å². The predicted molar refractivity (Wildman–Crippen MR) is 143 cm³/mol. The topological polar surface area (TPSA) is 67.2 Å². The van der Waals surface area contributed by atoms with Gasteiger partial charge in [0.25, 0.3) is 0 Å². The highest BCUT2D eigenvalue weighted by atomic mass is 19.1. The molecule has 2 aliphatic rings. The van der Waals surface area contributed by atoms with Crippen molar-refractivity contribution in [2.45, 2.75) is 77.2 Å². The molecule has 1 heterocycles. The highest BCUT2D eigenvalue weighted by Crippen LogP contribution is 2.48. The van der Waals surface area contributed by atoms with Crippen LogP contribution < -0.4 is 5.32 Å². The fourth-order valence-electron chi connectivity index (χ4n) is 6.29. The first kappa shape index (κ1) is 25.2. The van der Waals surface area contributed by atoms with Crippen molar-refractivity contribution in [2.75, 3.05) is 0 Å². The van der Waals surface area contributed by atoms with Crippen LogP contribution >= 0.6 is 0 Å². The maximum absolute atomic E-state index is 13.4. The fraction of sp³-hybridized carbons (Fsp3) is 0.419. The number of halogens is 1. The number of hydrogen-bond donors (Lipinski definition) is 2. The zero-order chi connectivity index (χ0) is 25.9. The second kappa shape index (κ2) is 10.9. The Morgan fingerprint density at radius 1 is 1.19 bits per heavy atom. The molecule has 5 rings (SSSR count). The Kier molecular flexibility index (Phi) is 7.45. The van der Waals surface area contributed by atoms with Crippen molar-refractivity contribution < 1.29 is 14.3 Å². The second-order valence-corrected chi connectivity index (χ2v) is 10.6. The van der Waals surface area contributed by atoms with E-state index in [0.717, 1.165) is 49.8 Å². The molecule has 0 saturated heterocycles. The Morgan fingerprint density at radius 2 is 1.95 bits per heavy atom. The smallest absolute Gasteiger partial charge is 0.220 e. The van der Waals surface area contributed by atoms with E-state index in [0.29, 0.717) is 24.7 Å². The number of phenols is 1. The summed E-state index contributed by atoms with van der Waals surface area (Å²) in [6.07, 6.45) is 9.20. The van der Waals surface area contributed by atoms with Gasteiger partial charge >= 0.3 is 0 Å². The van der Waals surface area contributed by atoms with Gasteiger partial charge in [-0.25, -0.2) is 9.07 Å². The molecule has 1 aromatic heterocycles. The summed E-state index contributed by atoms with van der Waals surface area (Å²) in [5, 5.41) is 17.5. The van der Waals surface area contributed by atoms with Gasteiger partial charge in [0.2, 0.25) is 5.91 Å². The minimum atomic E-state index is -0.240. The number of benzene rings is 2. The zero-order valence-electron chi connectivity index (χ0n) is 21.7. The van der Waals surface area contributed by atoms with Crippen LogP contribution in [0.1, 0.15) is 75.1 Å². The molecule has 2 N–H and O–H groups in total. The highest BCUT2D eigenvalue weighted by molar-refractivity contribution is 5.76. The maximum Gasteiger partial charge on any atom is 0.220 e. The Bertz CT molecular complexity index is 1280. The van der Waals surface area contributed by atoms with Crippen molar-refractivity contribution in [1.82, 2.24) is 15.1 Å². The number of rotatable bonds is 9. The molecule has 3 atom stereocenters. The average molecular weight is 502 g/mol. The van der Waals surface area contributed by atoms with Crippen LogP contribution in [0.3, 0.4) is 0 Å². The molecule has 0 bridgehead atoms. The Hall–Kier alpha value is -3.41. The van der Waals surface area contributed by atoms with Crippen LogP contribution in [0.2, 0.25) is 0 Å². The van der Waals surface area contributed by atoms with Gasteiger partial charge in [0.15, 0.2) is 0 Å². The van der Waals surface area contributed by atoms with Crippen molar-refractivity contribution in [3.8, 4) is 11.4 Å². The first-order valence-corrected chi connectivity index (χ1v) is 13.5. The van der Waals surface area contributed by atoms with E-state index in [9.17, 15) is 14.3 Å². The zero-order valence-corrected chi connectivity index (χ0v) is 21.7. The van der Waals surface area contributed by atoms with Gasteiger partial charge in [-0.1, -0.05) is 43.5 Å². The summed E-state index contributed by atoms with van der Waals surface area (Å²) in [5.41, 5.74) is 7.49. The first-order valence-electron chi connectivity index (χ1n) is 13.5. The minimum absolute atomic E-state index is 0.0956. The van der Waals surface area contributed by atoms with Crippen molar-refractivity contribution in [1.29, 1.82) is 0 Å². The minimum Gasteiger partial charge on any atom is -0.508 e. The third kappa shape index (κ3) is 5.48. The quantitative estimate of drug-likeness (QED) is 0.334. The van der Waals surface area contributed by atoms with Crippen molar-refractivity contribution >= 4 is 5.91 Å². The van der Waals surface area contributed by atoms with Crippen LogP contribution in [0.15, 0.2) is 65.9 Å². The molecule has 37 heavy (non-hydrogen) atoms. The molecule has 0 radical (unpaired) electrons. The van der Waals surface area contributed by atoms with Gasteiger partial charge in [0.1, 0.15) is 11.6 Å². The molecule has 1 amide bonds. The molecule has 0 aliphatic heterocycles. The molecule has 2 aromatic carbocycles. The predicted octanol–water partition coefficient (Wildman–Crippen LogP) is 6.39. The molecule has 0 fully saturated rings. The van der Waals surface area contributed by atoms with E-state index >= 15 is 0 Å². The highest BCUT2D eigenvalue weighted by Gasteiger charge is 2.37. The van der Waals surface area contributed by atoms with Crippen LogP contribution in [-0.2, 0) is 17.6 Å². The Labute approximate surface area is 218 Å². The van der Waals surface area contributed by atoms with Gasteiger partial charge < -0.3 is 10.4 Å². The van der Waals surface area contributed by atoms with E-state index in [2.05, 4.69) is 24.3 Å². The number of allylic oxidation sites excluding steroid dienone is 2. The number of nitrogens with one attached hydrogen (secondary N) is 1. The van der Waals surface area contributed by atoms with Gasteiger partial charge in [-0.05, 0) is 80.0 Å². The number of nitrogens with zero attached hydrogens (tertiary/aromatic N) is 2. The fourth-order valence-corrected chi connectivity index (χ4v) is 6.29. The summed E-state index contributed by atoms with van der Waals surface area (Å²) >= 11 is 0. The molecular weight excluding hydrogens is 465 g/mol. The lowest BCUT2D eigenvalue weighted by Crippen LogP contribution is -2.36. The SMILES string of the molecule is CCCC(C[C@H]1CCC2=C1[C@@H](C)c1cnn(-c3ccc(F)cc3)c1C2)NC(=O)CCc1ccc(O)cc1. The van der Waals surface area contributed by atoms with Gasteiger partial charge in [-0.2, -0.15) is 5.10 Å². The Morgan fingerprint density at radius 3 is 2.68 bits per heavy atom. The number of hydrogen-bond acceptors (Lipinski definition) is 3. The van der Waals surface area contributed by atoms with E-state index in [4.69, 9.17) is 0 Å². The monoisotopic (exact) mass is 501 g/mol. The summed E-state index contributed by atoms with van der Waals surface area (Å²) in [4.78, 5) is 12.8. The number of phenolic OH excluding ortho intramolecular Hbond substituents is 1. The lowest BCUT2D eigenvalue weighted by molar-refractivity contribution is -0.121. The number of amides is 1. The molecule has 6 heteroatoms. The third-order valence-corrected chi connectivity index (χ3v) is 8.08. The molecular formula is C31H36FN3O2. The summed E-state index contributed by atoms with van der Waals surface area (Å²) in [6.45, 7) is 4.46. The van der Waals surface area contributed by atoms with E-state index in [1.807, 2.05) is 23.0 Å². The number of aryl methyl sites for hydroxylation is 1. The average Bonchev–Trinajstić information content (AvgIpc) is 3.49. The number of carbonyl (C=O) groups is 1. The van der Waals surface area contributed by atoms with Gasteiger partial charge in [-0.3, -0.25) is 4.79 Å². The van der Waals surface area contributed by atoms with Gasteiger partial charge in [-0.15, -0.1) is 0 Å². The van der Waals surface area contributed by atoms with Crippen molar-refractivity contribution in [3.05, 3.63) is 88.5 Å². The molecule has 1 unspecified atom stereocenters. The standard InChI is InChI=1S/C31H36FN3O2/c1-3-4-25(34-30(37)16-7-21-5-14-27(36)15-6-21)17-22-8-9-23-18-29-28(20(2)31(22)23)19-33-35(29)26-12-10-24(32)11-13-26/h5-6,10-15,19-20,22,25,36H,3-4,7-9,16-18H2,1-2H3,(H,34,37)/t20-,22+,25?/m0/s1. The van der Waals surface area contributed by atoms with E-state index in [1.54, 1.807) is 29.8 Å². The number of aromatic nitrogens is 2. The largest absolute Gasteiger partial charge is 0.508 e. The molecule has 194 valence electrons. The second-order valence-electron chi connectivity index (χ2n) is 10.6. The van der Waals surface area contributed by atoms with Crippen molar-refractivity contribution in [2.24, 2.45) is 5.92 Å². The summed E-state index contributed by atoms with van der Waals surface area (Å²) in [6, 6.07) is 13.8. The van der Waals surface area contributed by atoms with Crippen LogP contribution in [0.5, 0.6) is 5.75 Å². The normalized spacial score (nSPS) is 19.4. The number of fused-ring (bicyclic) bond motifs is 1. The molecule has 2 aliphatic carbocycles. The number of carbonyl (C=O) groups excluding carboxylic acids is 1. The third-order valence-electron chi connectivity index (χ3n) is 8.08. The van der Waals surface area contributed by atoms with Crippen LogP contribution in [0.25, 0.3) is 5.69 Å². The lowest BCUT2D eigenvalue weighted by atomic mass is 9.78. The summed E-state index contributed by atoms with van der Waals surface area (Å²) in [5.74, 6) is 0.872. The van der Waals surface area contributed by atoms with E-state index in [-0.39, 0.29) is 23.5 Å². The van der Waals surface area contributed by atoms with Crippen LogP contribution in [0.4, 0.5) is 4.39 Å². The van der Waals surface area contributed by atoms with Crippen LogP contribution in [0, 0.1) is 11.7 Å². The first-order chi connectivity index (χ1) is 17.9. The molecule has 3 aromatic rings. The summed E-state index contributed by atoms with van der Waals surface area (Å²) in [7, 11) is 0. The van der Waals surface area contributed by atoms with Crippen LogP contribution in [-0.4, -0.2) is 26.8 Å². The molecule has 0 saturated carbocycles. The molecule has 0 spiro atoms.